The topological polar surface area (TPSA) is 102 Å². The number of ether oxygens (including phenoxy) is 3. The molecule has 2 aromatic carbocycles. The van der Waals surface area contributed by atoms with Gasteiger partial charge in [-0.05, 0) is 48.0 Å². The molecule has 0 atom stereocenters. The predicted molar refractivity (Wildman–Crippen MR) is 122 cm³/mol. The first-order valence-corrected chi connectivity index (χ1v) is 10.1. The fraction of sp³-hybridized carbons (Fsp3) is 0.167. The smallest absolute Gasteiger partial charge is 0.431 e. The van der Waals surface area contributed by atoms with Crippen LogP contribution in [0.1, 0.15) is 21.6 Å². The molecule has 9 nitrogen and oxygen atoms in total. The third kappa shape index (κ3) is 5.09. The summed E-state index contributed by atoms with van der Waals surface area (Å²) in [5, 5.41) is 8.53. The van der Waals surface area contributed by atoms with E-state index in [1.165, 1.54) is 5.01 Å². The van der Waals surface area contributed by atoms with Gasteiger partial charge < -0.3 is 19.5 Å². The summed E-state index contributed by atoms with van der Waals surface area (Å²) < 4.78 is 15.9. The first-order chi connectivity index (χ1) is 16.1. The molecule has 0 spiro atoms. The summed E-state index contributed by atoms with van der Waals surface area (Å²) >= 11 is 0. The summed E-state index contributed by atoms with van der Waals surface area (Å²) in [5.41, 5.74) is 2.99. The number of aromatic nitrogens is 1. The molecule has 0 aliphatic carbocycles. The second-order valence-corrected chi connectivity index (χ2v) is 7.10. The van der Waals surface area contributed by atoms with Gasteiger partial charge in [-0.2, -0.15) is 10.1 Å². The van der Waals surface area contributed by atoms with Gasteiger partial charge in [0.15, 0.2) is 11.5 Å². The molecule has 0 fully saturated rings. The van der Waals surface area contributed by atoms with Gasteiger partial charge in [-0.15, -0.1) is 0 Å². The summed E-state index contributed by atoms with van der Waals surface area (Å²) in [6.07, 6.45) is 1.00. The number of cyclic esters (lactones) is 1. The molecule has 2 heterocycles. The van der Waals surface area contributed by atoms with Gasteiger partial charge in [0.2, 0.25) is 0 Å². The highest BCUT2D eigenvalue weighted by Crippen LogP contribution is 2.28. The maximum Gasteiger partial charge on any atom is 0.431 e. The lowest BCUT2D eigenvalue weighted by Crippen LogP contribution is -2.35. The number of nitrogens with one attached hydrogen (secondary N) is 1. The molecule has 4 rings (SSSR count). The minimum absolute atomic E-state index is 0.0466. The molecule has 168 valence electrons. The van der Waals surface area contributed by atoms with Crippen molar-refractivity contribution in [1.82, 2.24) is 9.99 Å². The summed E-state index contributed by atoms with van der Waals surface area (Å²) in [7, 11) is 3.11. The van der Waals surface area contributed by atoms with Gasteiger partial charge >= 0.3 is 6.09 Å². The number of hydrogen-bond acceptors (Lipinski definition) is 7. The van der Waals surface area contributed by atoms with Crippen LogP contribution in [0.4, 0.5) is 10.5 Å². The van der Waals surface area contributed by atoms with Crippen molar-refractivity contribution >= 4 is 23.4 Å². The molecule has 9 heteroatoms. The Bertz CT molecular complexity index is 1200. The molecule has 0 radical (unpaired) electrons. The zero-order valence-corrected chi connectivity index (χ0v) is 18.1. The van der Waals surface area contributed by atoms with Crippen LogP contribution in [-0.2, 0) is 11.3 Å². The molecule has 1 aromatic heterocycles. The first-order valence-electron chi connectivity index (χ1n) is 10.1. The second-order valence-electron chi connectivity index (χ2n) is 7.10. The van der Waals surface area contributed by atoms with Crippen LogP contribution in [-0.4, -0.2) is 48.5 Å². The number of anilines is 1. The Kier molecular flexibility index (Phi) is 6.49. The lowest BCUT2D eigenvalue weighted by Gasteiger charge is -2.24. The maximum atomic E-state index is 12.4. The van der Waals surface area contributed by atoms with E-state index in [-0.39, 0.29) is 19.1 Å². The number of hydrazone groups is 1. The standard InChI is InChI=1S/C24H22N4O5/c1-31-21-10-9-17(13-22(21)32-2)20-15-33-24(30)28(27-20)14-16-6-5-7-18(12-16)26-23(29)19-8-3-4-11-25-19/h3-13H,14-15H2,1-2H3,(H,26,29). The lowest BCUT2D eigenvalue weighted by atomic mass is 10.1. The van der Waals surface area contributed by atoms with Crippen molar-refractivity contribution in [3.05, 3.63) is 83.7 Å². The van der Waals surface area contributed by atoms with Crippen LogP contribution in [0.25, 0.3) is 0 Å². The van der Waals surface area contributed by atoms with Crippen LogP contribution >= 0.6 is 0 Å². The Morgan fingerprint density at radius 2 is 1.91 bits per heavy atom. The van der Waals surface area contributed by atoms with E-state index in [9.17, 15) is 9.59 Å². The van der Waals surface area contributed by atoms with Crippen molar-refractivity contribution in [2.75, 3.05) is 26.1 Å². The number of amides is 2. The number of benzene rings is 2. The summed E-state index contributed by atoms with van der Waals surface area (Å²) in [6, 6.07) is 17.7. The average molecular weight is 446 g/mol. The minimum Gasteiger partial charge on any atom is -0.493 e. The van der Waals surface area contributed by atoms with Crippen LogP contribution in [0.5, 0.6) is 11.5 Å². The number of hydrogen-bond donors (Lipinski definition) is 1. The third-order valence-corrected chi connectivity index (χ3v) is 4.92. The molecule has 3 aromatic rings. The van der Waals surface area contributed by atoms with E-state index < -0.39 is 6.09 Å². The van der Waals surface area contributed by atoms with Gasteiger partial charge in [0.05, 0.1) is 20.8 Å². The summed E-state index contributed by atoms with van der Waals surface area (Å²) in [5.74, 6) is 0.826. The minimum atomic E-state index is -0.554. The van der Waals surface area contributed by atoms with Gasteiger partial charge in [-0.1, -0.05) is 18.2 Å². The summed E-state index contributed by atoms with van der Waals surface area (Å²) in [6.45, 7) is 0.216. The number of carbonyl (C=O) groups is 2. The monoisotopic (exact) mass is 446 g/mol. The van der Waals surface area contributed by atoms with Gasteiger partial charge in [0.1, 0.15) is 18.0 Å². The highest BCUT2D eigenvalue weighted by atomic mass is 16.6. The largest absolute Gasteiger partial charge is 0.493 e. The Labute approximate surface area is 190 Å². The Balaban J connectivity index is 1.51. The Hall–Kier alpha value is -4.40. The van der Waals surface area contributed by atoms with Crippen molar-refractivity contribution < 1.29 is 23.8 Å². The van der Waals surface area contributed by atoms with Gasteiger partial charge in [-0.3, -0.25) is 9.78 Å². The zero-order valence-electron chi connectivity index (χ0n) is 18.1. The number of pyridine rings is 1. The van der Waals surface area contributed by atoms with Crippen LogP contribution in [0, 0.1) is 0 Å². The van der Waals surface area contributed by atoms with Crippen molar-refractivity contribution in [1.29, 1.82) is 0 Å². The highest BCUT2D eigenvalue weighted by molar-refractivity contribution is 6.04. The predicted octanol–water partition coefficient (Wildman–Crippen LogP) is 3.71. The van der Waals surface area contributed by atoms with Crippen molar-refractivity contribution in [2.45, 2.75) is 6.54 Å². The van der Waals surface area contributed by atoms with Crippen LogP contribution in [0.15, 0.2) is 72.0 Å². The molecule has 1 aliphatic heterocycles. The molecular weight excluding hydrogens is 424 g/mol. The van der Waals surface area contributed by atoms with E-state index in [2.05, 4.69) is 15.4 Å². The maximum absolute atomic E-state index is 12.4. The summed E-state index contributed by atoms with van der Waals surface area (Å²) in [4.78, 5) is 28.7. The molecule has 2 amide bonds. The molecule has 0 saturated carbocycles. The number of nitrogens with zero attached hydrogens (tertiary/aromatic N) is 3. The fourth-order valence-corrected chi connectivity index (χ4v) is 3.29. The third-order valence-electron chi connectivity index (χ3n) is 4.92. The van der Waals surface area contributed by atoms with E-state index in [4.69, 9.17) is 14.2 Å². The normalized spacial score (nSPS) is 13.1. The van der Waals surface area contributed by atoms with E-state index in [1.54, 1.807) is 68.9 Å². The molecular formula is C24H22N4O5. The van der Waals surface area contributed by atoms with Gasteiger partial charge in [0, 0.05) is 17.4 Å². The number of rotatable bonds is 7. The lowest BCUT2D eigenvalue weighted by molar-refractivity contribution is 0.101. The Morgan fingerprint density at radius 1 is 1.06 bits per heavy atom. The van der Waals surface area contributed by atoms with E-state index in [1.807, 2.05) is 12.1 Å². The van der Waals surface area contributed by atoms with Crippen LogP contribution in [0.3, 0.4) is 0 Å². The van der Waals surface area contributed by atoms with E-state index in [0.717, 1.165) is 11.1 Å². The van der Waals surface area contributed by atoms with Gasteiger partial charge in [0.25, 0.3) is 5.91 Å². The molecule has 1 aliphatic rings. The zero-order chi connectivity index (χ0) is 23.2. The van der Waals surface area contributed by atoms with Crippen LogP contribution < -0.4 is 14.8 Å². The number of methoxy groups -OCH3 is 2. The molecule has 0 saturated heterocycles. The first kappa shape index (κ1) is 21.8. The van der Waals surface area contributed by atoms with E-state index >= 15 is 0 Å². The van der Waals surface area contributed by atoms with Crippen molar-refractivity contribution in [3.63, 3.8) is 0 Å². The molecule has 1 N–H and O–H groups in total. The molecule has 0 unspecified atom stereocenters. The second kappa shape index (κ2) is 9.82. The van der Waals surface area contributed by atoms with Crippen molar-refractivity contribution in [2.24, 2.45) is 5.10 Å². The molecule has 0 bridgehead atoms. The van der Waals surface area contributed by atoms with E-state index in [0.29, 0.717) is 28.6 Å². The van der Waals surface area contributed by atoms with Crippen molar-refractivity contribution in [3.8, 4) is 11.5 Å². The highest BCUT2D eigenvalue weighted by Gasteiger charge is 2.24. The Morgan fingerprint density at radius 3 is 2.67 bits per heavy atom. The number of carbonyl (C=O) groups excluding carboxylic acids is 2. The quantitative estimate of drug-likeness (QED) is 0.594. The fourth-order valence-electron chi connectivity index (χ4n) is 3.29. The SMILES string of the molecule is COc1ccc(C2=NN(Cc3cccc(NC(=O)c4ccccn4)c3)C(=O)OC2)cc1OC. The van der Waals surface area contributed by atoms with Gasteiger partial charge in [-0.25, -0.2) is 4.79 Å². The average Bonchev–Trinajstić information content (AvgIpc) is 2.85. The molecule has 33 heavy (non-hydrogen) atoms. The van der Waals surface area contributed by atoms with Crippen LogP contribution in [0.2, 0.25) is 0 Å².